The van der Waals surface area contributed by atoms with Gasteiger partial charge in [0.05, 0.1) is 27.0 Å². The van der Waals surface area contributed by atoms with E-state index >= 15 is 0 Å². The molecule has 1 N–H and O–H groups in total. The topological polar surface area (TPSA) is 65.4 Å². The Morgan fingerprint density at radius 3 is 2.88 bits per heavy atom. The Balaban J connectivity index is 1.76. The van der Waals surface area contributed by atoms with E-state index in [-0.39, 0.29) is 11.8 Å². The Bertz CT molecular complexity index is 767. The molecule has 1 aromatic carbocycles. The van der Waals surface area contributed by atoms with E-state index in [9.17, 15) is 4.79 Å². The van der Waals surface area contributed by atoms with Gasteiger partial charge < -0.3 is 14.8 Å². The van der Waals surface area contributed by atoms with E-state index in [4.69, 9.17) is 9.47 Å². The van der Waals surface area contributed by atoms with E-state index < -0.39 is 0 Å². The van der Waals surface area contributed by atoms with Crippen LogP contribution in [0.3, 0.4) is 0 Å². The van der Waals surface area contributed by atoms with Crippen LogP contribution < -0.4 is 14.8 Å². The second-order valence-electron chi connectivity index (χ2n) is 6.00. The molecule has 6 nitrogen and oxygen atoms in total. The molecular formula is C19H23N3O3. The highest BCUT2D eigenvalue weighted by molar-refractivity contribution is 5.92. The molecule has 132 valence electrons. The predicted molar refractivity (Wildman–Crippen MR) is 96.0 cm³/mol. The van der Waals surface area contributed by atoms with Crippen molar-refractivity contribution in [3.63, 3.8) is 0 Å². The van der Waals surface area contributed by atoms with Gasteiger partial charge in [-0.05, 0) is 25.3 Å². The Morgan fingerprint density at radius 2 is 2.16 bits per heavy atom. The van der Waals surface area contributed by atoms with Crippen LogP contribution in [0.25, 0.3) is 0 Å². The fourth-order valence-corrected chi connectivity index (χ4v) is 3.06. The minimum Gasteiger partial charge on any atom is -0.493 e. The zero-order chi connectivity index (χ0) is 17.6. The molecule has 3 rings (SSSR count). The summed E-state index contributed by atoms with van der Waals surface area (Å²) >= 11 is 0. The van der Waals surface area contributed by atoms with Crippen LogP contribution in [0.4, 0.5) is 5.82 Å². The molecule has 25 heavy (non-hydrogen) atoms. The Labute approximate surface area is 147 Å². The summed E-state index contributed by atoms with van der Waals surface area (Å²) in [6.45, 7) is 0.480. The largest absolute Gasteiger partial charge is 0.493 e. The van der Waals surface area contributed by atoms with Crippen LogP contribution in [0, 0.1) is 5.92 Å². The molecular weight excluding hydrogens is 318 g/mol. The van der Waals surface area contributed by atoms with Crippen LogP contribution in [-0.4, -0.2) is 29.9 Å². The maximum atomic E-state index is 12.5. The molecule has 1 unspecified atom stereocenters. The van der Waals surface area contributed by atoms with Gasteiger partial charge in [-0.25, -0.2) is 4.68 Å². The quantitative estimate of drug-likeness (QED) is 0.819. The summed E-state index contributed by atoms with van der Waals surface area (Å²) in [6, 6.07) is 7.53. The Morgan fingerprint density at radius 1 is 1.28 bits per heavy atom. The number of rotatable bonds is 6. The van der Waals surface area contributed by atoms with Crippen molar-refractivity contribution in [3.8, 4) is 11.5 Å². The number of methoxy groups -OCH3 is 2. The highest BCUT2D eigenvalue weighted by Crippen LogP contribution is 2.31. The molecule has 6 heteroatoms. The molecule has 1 atom stereocenters. The molecule has 1 aliphatic rings. The number of para-hydroxylation sites is 1. The zero-order valence-corrected chi connectivity index (χ0v) is 14.6. The lowest BCUT2D eigenvalue weighted by Gasteiger charge is -2.18. The minimum atomic E-state index is 0.0275. The summed E-state index contributed by atoms with van der Waals surface area (Å²) < 4.78 is 12.6. The maximum Gasteiger partial charge on any atom is 0.228 e. The summed E-state index contributed by atoms with van der Waals surface area (Å²) in [5.41, 5.74) is 0.932. The molecule has 0 bridgehead atoms. The molecule has 1 aromatic heterocycles. The number of carbonyl (C=O) groups excluding carboxylic acids is 1. The van der Waals surface area contributed by atoms with Crippen LogP contribution in [0.5, 0.6) is 11.5 Å². The summed E-state index contributed by atoms with van der Waals surface area (Å²) in [5.74, 6) is 2.11. The van der Waals surface area contributed by atoms with Crippen molar-refractivity contribution in [1.29, 1.82) is 0 Å². The lowest BCUT2D eigenvalue weighted by Crippen LogP contribution is -2.25. The molecule has 0 radical (unpaired) electrons. The van der Waals surface area contributed by atoms with E-state index in [1.807, 2.05) is 24.3 Å². The van der Waals surface area contributed by atoms with E-state index in [0.29, 0.717) is 23.9 Å². The van der Waals surface area contributed by atoms with E-state index in [1.54, 1.807) is 25.1 Å². The van der Waals surface area contributed by atoms with Crippen molar-refractivity contribution in [3.05, 3.63) is 48.2 Å². The number of allylic oxidation sites excluding steroid dienone is 2. The van der Waals surface area contributed by atoms with Crippen molar-refractivity contribution < 1.29 is 14.3 Å². The summed E-state index contributed by atoms with van der Waals surface area (Å²) in [7, 11) is 3.23. The van der Waals surface area contributed by atoms with Gasteiger partial charge in [-0.3, -0.25) is 4.79 Å². The average Bonchev–Trinajstić information content (AvgIpc) is 3.08. The fourth-order valence-electron chi connectivity index (χ4n) is 3.06. The monoisotopic (exact) mass is 341 g/mol. The summed E-state index contributed by atoms with van der Waals surface area (Å²) in [4.78, 5) is 12.5. The number of hydrogen-bond acceptors (Lipinski definition) is 4. The van der Waals surface area contributed by atoms with Crippen LogP contribution >= 0.6 is 0 Å². The number of carbonyl (C=O) groups is 1. The van der Waals surface area contributed by atoms with Gasteiger partial charge in [0.15, 0.2) is 11.5 Å². The number of hydrogen-bond donors (Lipinski definition) is 1. The van der Waals surface area contributed by atoms with Crippen molar-refractivity contribution in [2.45, 2.75) is 25.8 Å². The van der Waals surface area contributed by atoms with Gasteiger partial charge in [-0.2, -0.15) is 5.10 Å². The van der Waals surface area contributed by atoms with E-state index in [0.717, 1.165) is 24.8 Å². The number of anilines is 1. The van der Waals surface area contributed by atoms with Crippen molar-refractivity contribution in [2.24, 2.45) is 5.92 Å². The fraction of sp³-hybridized carbons (Fsp3) is 0.368. The van der Waals surface area contributed by atoms with Gasteiger partial charge >= 0.3 is 0 Å². The summed E-state index contributed by atoms with van der Waals surface area (Å²) in [6.07, 6.45) is 8.53. The first-order valence-corrected chi connectivity index (χ1v) is 8.40. The van der Waals surface area contributed by atoms with Crippen LogP contribution in [0.2, 0.25) is 0 Å². The lowest BCUT2D eigenvalue weighted by molar-refractivity contribution is -0.120. The van der Waals surface area contributed by atoms with Crippen molar-refractivity contribution in [2.75, 3.05) is 19.5 Å². The standard InChI is InChI=1S/C19H23N3O3/c1-24-16-10-6-9-15(18(16)25-2)13-22-17(11-12-20-22)21-19(23)14-7-4-3-5-8-14/h3-4,6,9-12,14H,5,7-8,13H2,1-2H3,(H,21,23). The van der Waals surface area contributed by atoms with Gasteiger partial charge in [-0.1, -0.05) is 24.3 Å². The summed E-state index contributed by atoms with van der Waals surface area (Å²) in [5, 5.41) is 7.33. The van der Waals surface area contributed by atoms with Gasteiger partial charge in [0, 0.05) is 17.5 Å². The highest BCUT2D eigenvalue weighted by atomic mass is 16.5. The molecule has 1 amide bonds. The van der Waals surface area contributed by atoms with Crippen LogP contribution in [-0.2, 0) is 11.3 Å². The molecule has 1 aliphatic carbocycles. The third-order valence-electron chi connectivity index (χ3n) is 4.41. The maximum absolute atomic E-state index is 12.5. The third kappa shape index (κ3) is 3.84. The minimum absolute atomic E-state index is 0.0275. The Hall–Kier alpha value is -2.76. The number of amides is 1. The molecule has 2 aromatic rings. The second-order valence-corrected chi connectivity index (χ2v) is 6.00. The van der Waals surface area contributed by atoms with Gasteiger partial charge in [0.1, 0.15) is 5.82 Å². The molecule has 0 spiro atoms. The van der Waals surface area contributed by atoms with Crippen LogP contribution in [0.15, 0.2) is 42.6 Å². The number of nitrogens with one attached hydrogen (secondary N) is 1. The number of aromatic nitrogens is 2. The first-order valence-electron chi connectivity index (χ1n) is 8.40. The molecule has 0 fully saturated rings. The van der Waals surface area contributed by atoms with Gasteiger partial charge in [0.2, 0.25) is 5.91 Å². The smallest absolute Gasteiger partial charge is 0.228 e. The number of nitrogens with zero attached hydrogens (tertiary/aromatic N) is 2. The molecule has 0 saturated heterocycles. The predicted octanol–water partition coefficient (Wildman–Crippen LogP) is 3.24. The second kappa shape index (κ2) is 7.88. The number of benzene rings is 1. The average molecular weight is 341 g/mol. The van der Waals surface area contributed by atoms with Crippen molar-refractivity contribution in [1.82, 2.24) is 9.78 Å². The van der Waals surface area contributed by atoms with E-state index in [1.165, 1.54) is 0 Å². The lowest BCUT2D eigenvalue weighted by atomic mass is 9.94. The first kappa shape index (κ1) is 17.1. The molecule has 0 aliphatic heterocycles. The first-order chi connectivity index (χ1) is 12.2. The zero-order valence-electron chi connectivity index (χ0n) is 14.6. The van der Waals surface area contributed by atoms with Gasteiger partial charge in [0.25, 0.3) is 0 Å². The third-order valence-corrected chi connectivity index (χ3v) is 4.41. The number of ether oxygens (including phenoxy) is 2. The van der Waals surface area contributed by atoms with Crippen molar-refractivity contribution >= 4 is 11.7 Å². The van der Waals surface area contributed by atoms with Gasteiger partial charge in [-0.15, -0.1) is 0 Å². The normalized spacial score (nSPS) is 16.5. The molecule has 1 heterocycles. The SMILES string of the molecule is COc1cccc(Cn2nccc2NC(=O)C2CC=CCC2)c1OC. The molecule has 0 saturated carbocycles. The van der Waals surface area contributed by atoms with Crippen LogP contribution in [0.1, 0.15) is 24.8 Å². The Kier molecular flexibility index (Phi) is 5.38. The highest BCUT2D eigenvalue weighted by Gasteiger charge is 2.20. The van der Waals surface area contributed by atoms with E-state index in [2.05, 4.69) is 22.6 Å².